The van der Waals surface area contributed by atoms with Crippen molar-refractivity contribution in [2.75, 3.05) is 0 Å². The molecule has 1 heterocycles. The smallest absolute Gasteiger partial charge is 0.347 e. The van der Waals surface area contributed by atoms with Gasteiger partial charge < -0.3 is 23.7 Å². The molecular weight excluding hydrogens is 380 g/mol. The molecule has 8 nitrogen and oxygen atoms in total. The number of benzene rings is 1. The van der Waals surface area contributed by atoms with Gasteiger partial charge in [0.25, 0.3) is 0 Å². The van der Waals surface area contributed by atoms with Crippen LogP contribution in [0.2, 0.25) is 0 Å². The average Bonchev–Trinajstić information content (AvgIpc) is 2.95. The number of esters is 3. The minimum absolute atomic E-state index is 0.0537. The van der Waals surface area contributed by atoms with Crippen LogP contribution in [0.15, 0.2) is 30.3 Å². The number of rotatable bonds is 6. The zero-order valence-electron chi connectivity index (χ0n) is 17.6. The molecule has 0 spiro atoms. The maximum atomic E-state index is 12.6. The highest BCUT2D eigenvalue weighted by Gasteiger charge is 2.51. The molecule has 1 aromatic rings. The van der Waals surface area contributed by atoms with Gasteiger partial charge in [0.2, 0.25) is 0 Å². The highest BCUT2D eigenvalue weighted by atomic mass is 16.8. The standard InChI is InChI=1S/C21H28O8/c1-13(17(22)25-12-14-10-8-7-9-11-14)26-18(23)15-16(28-21(5,6)27-15)19(24)29-20(2,3)4/h7-11,13,15-16H,12H2,1-6H3/t13?,15-,16-/m1/s1. The van der Waals surface area contributed by atoms with E-state index in [0.717, 1.165) is 5.56 Å². The Morgan fingerprint density at radius 1 is 1.03 bits per heavy atom. The quantitative estimate of drug-likeness (QED) is 0.523. The fourth-order valence-electron chi connectivity index (χ4n) is 2.60. The lowest BCUT2D eigenvalue weighted by atomic mass is 10.1. The maximum absolute atomic E-state index is 12.6. The zero-order chi connectivity index (χ0) is 21.8. The molecule has 0 radical (unpaired) electrons. The first-order chi connectivity index (χ1) is 13.4. The van der Waals surface area contributed by atoms with Gasteiger partial charge in [-0.1, -0.05) is 30.3 Å². The van der Waals surface area contributed by atoms with E-state index >= 15 is 0 Å². The average molecular weight is 408 g/mol. The summed E-state index contributed by atoms with van der Waals surface area (Å²) < 4.78 is 26.7. The summed E-state index contributed by atoms with van der Waals surface area (Å²) in [6.45, 7) is 9.66. The van der Waals surface area contributed by atoms with Crippen molar-refractivity contribution >= 4 is 17.9 Å². The van der Waals surface area contributed by atoms with Crippen LogP contribution < -0.4 is 0 Å². The van der Waals surface area contributed by atoms with Gasteiger partial charge >= 0.3 is 17.9 Å². The predicted octanol–water partition coefficient (Wildman–Crippen LogP) is 2.52. The van der Waals surface area contributed by atoms with E-state index in [1.54, 1.807) is 46.8 Å². The molecule has 0 aromatic heterocycles. The summed E-state index contributed by atoms with van der Waals surface area (Å²) in [6.07, 6.45) is -3.84. The van der Waals surface area contributed by atoms with Crippen molar-refractivity contribution in [3.05, 3.63) is 35.9 Å². The van der Waals surface area contributed by atoms with E-state index in [2.05, 4.69) is 0 Å². The third-order valence-corrected chi connectivity index (χ3v) is 3.82. The van der Waals surface area contributed by atoms with Gasteiger partial charge in [-0.2, -0.15) is 0 Å². The normalized spacial score (nSPS) is 21.9. The van der Waals surface area contributed by atoms with Crippen molar-refractivity contribution in [2.45, 2.75) is 77.8 Å². The molecule has 1 fully saturated rings. The van der Waals surface area contributed by atoms with E-state index < -0.39 is 47.6 Å². The molecule has 1 saturated heterocycles. The Morgan fingerprint density at radius 3 is 2.14 bits per heavy atom. The van der Waals surface area contributed by atoms with Gasteiger partial charge in [-0.25, -0.2) is 14.4 Å². The predicted molar refractivity (Wildman–Crippen MR) is 101 cm³/mol. The van der Waals surface area contributed by atoms with Crippen molar-refractivity contribution in [3.8, 4) is 0 Å². The molecule has 1 aromatic carbocycles. The second-order valence-electron chi connectivity index (χ2n) is 8.18. The minimum atomic E-state index is -1.36. The SMILES string of the molecule is CC(OC(=O)[C@@H]1OC(C)(C)O[C@H]1C(=O)OC(C)(C)C)C(=O)OCc1ccccc1. The molecule has 29 heavy (non-hydrogen) atoms. The fourth-order valence-corrected chi connectivity index (χ4v) is 2.60. The molecule has 1 aliphatic heterocycles. The molecule has 3 atom stereocenters. The molecule has 160 valence electrons. The van der Waals surface area contributed by atoms with Gasteiger partial charge in [0.05, 0.1) is 0 Å². The van der Waals surface area contributed by atoms with Crippen LogP contribution in [0.25, 0.3) is 0 Å². The Kier molecular flexibility index (Phi) is 7.02. The number of hydrogen-bond donors (Lipinski definition) is 0. The monoisotopic (exact) mass is 408 g/mol. The van der Waals surface area contributed by atoms with Gasteiger partial charge in [0.15, 0.2) is 24.1 Å². The topological polar surface area (TPSA) is 97.4 Å². The van der Waals surface area contributed by atoms with E-state index in [-0.39, 0.29) is 6.61 Å². The Hall–Kier alpha value is -2.45. The van der Waals surface area contributed by atoms with Crippen LogP contribution in [-0.2, 0) is 44.7 Å². The lowest BCUT2D eigenvalue weighted by Gasteiger charge is -2.23. The number of ether oxygens (including phenoxy) is 5. The molecule has 1 aliphatic rings. The second-order valence-corrected chi connectivity index (χ2v) is 8.18. The third kappa shape index (κ3) is 6.83. The first kappa shape index (κ1) is 22.8. The minimum Gasteiger partial charge on any atom is -0.458 e. The van der Waals surface area contributed by atoms with Crippen LogP contribution in [0.5, 0.6) is 0 Å². The van der Waals surface area contributed by atoms with Crippen molar-refractivity contribution in [3.63, 3.8) is 0 Å². The van der Waals surface area contributed by atoms with E-state index in [4.69, 9.17) is 23.7 Å². The Bertz CT molecular complexity index is 735. The Labute approximate surface area is 170 Å². The molecule has 0 bridgehead atoms. The summed E-state index contributed by atoms with van der Waals surface area (Å²) in [4.78, 5) is 37.1. The van der Waals surface area contributed by atoms with Crippen molar-refractivity contribution in [2.24, 2.45) is 0 Å². The summed E-state index contributed by atoms with van der Waals surface area (Å²) in [5.74, 6) is -3.56. The number of carbonyl (C=O) groups is 3. The fraction of sp³-hybridized carbons (Fsp3) is 0.571. The zero-order valence-corrected chi connectivity index (χ0v) is 17.6. The van der Waals surface area contributed by atoms with Crippen LogP contribution in [-0.4, -0.2) is 47.6 Å². The molecule has 0 aliphatic carbocycles. The Morgan fingerprint density at radius 2 is 1.59 bits per heavy atom. The highest BCUT2D eigenvalue weighted by Crippen LogP contribution is 2.31. The van der Waals surface area contributed by atoms with E-state index in [1.165, 1.54) is 6.92 Å². The molecule has 0 N–H and O–H groups in total. The van der Waals surface area contributed by atoms with Crippen molar-refractivity contribution < 1.29 is 38.1 Å². The first-order valence-corrected chi connectivity index (χ1v) is 9.37. The summed E-state index contributed by atoms with van der Waals surface area (Å²) >= 11 is 0. The van der Waals surface area contributed by atoms with Crippen LogP contribution >= 0.6 is 0 Å². The summed E-state index contributed by atoms with van der Waals surface area (Å²) in [5.41, 5.74) is 0.0366. The van der Waals surface area contributed by atoms with E-state index in [1.807, 2.05) is 18.2 Å². The molecule has 8 heteroatoms. The van der Waals surface area contributed by atoms with Gasteiger partial charge in [-0.3, -0.25) is 0 Å². The van der Waals surface area contributed by atoms with Crippen LogP contribution in [0.3, 0.4) is 0 Å². The molecule has 2 rings (SSSR count). The van der Waals surface area contributed by atoms with Crippen LogP contribution in [0.4, 0.5) is 0 Å². The second kappa shape index (κ2) is 8.92. The summed E-state index contributed by atoms with van der Waals surface area (Å²) in [7, 11) is 0. The lowest BCUT2D eigenvalue weighted by molar-refractivity contribution is -0.181. The van der Waals surface area contributed by atoms with E-state index in [0.29, 0.717) is 0 Å². The summed E-state index contributed by atoms with van der Waals surface area (Å²) in [6, 6.07) is 9.11. The lowest BCUT2D eigenvalue weighted by Crippen LogP contribution is -2.43. The van der Waals surface area contributed by atoms with E-state index in [9.17, 15) is 14.4 Å². The number of hydrogen-bond acceptors (Lipinski definition) is 8. The van der Waals surface area contributed by atoms with Gasteiger partial charge in [-0.15, -0.1) is 0 Å². The summed E-state index contributed by atoms with van der Waals surface area (Å²) in [5, 5.41) is 0. The molecule has 0 saturated carbocycles. The Balaban J connectivity index is 1.97. The van der Waals surface area contributed by atoms with Crippen LogP contribution in [0.1, 0.15) is 47.1 Å². The first-order valence-electron chi connectivity index (χ1n) is 9.37. The van der Waals surface area contributed by atoms with Crippen molar-refractivity contribution in [1.82, 2.24) is 0 Å². The van der Waals surface area contributed by atoms with Crippen LogP contribution in [0, 0.1) is 0 Å². The maximum Gasteiger partial charge on any atom is 0.347 e. The third-order valence-electron chi connectivity index (χ3n) is 3.82. The van der Waals surface area contributed by atoms with Gasteiger partial charge in [-0.05, 0) is 47.1 Å². The molecule has 0 amide bonds. The number of carbonyl (C=O) groups excluding carboxylic acids is 3. The molecule has 1 unspecified atom stereocenters. The largest absolute Gasteiger partial charge is 0.458 e. The molecular formula is C21H28O8. The highest BCUT2D eigenvalue weighted by molar-refractivity contribution is 5.88. The van der Waals surface area contributed by atoms with Crippen molar-refractivity contribution in [1.29, 1.82) is 0 Å². The van der Waals surface area contributed by atoms with Gasteiger partial charge in [0, 0.05) is 0 Å². The van der Waals surface area contributed by atoms with Gasteiger partial charge in [0.1, 0.15) is 12.2 Å².